The van der Waals surface area contributed by atoms with E-state index in [1.807, 2.05) is 0 Å². The molecule has 0 amide bonds. The molecule has 0 bridgehead atoms. The fourth-order valence-electron chi connectivity index (χ4n) is 3.47. The summed E-state index contributed by atoms with van der Waals surface area (Å²) < 4.78 is 22.4. The molecular formula is C22H24N2O7. The van der Waals surface area contributed by atoms with E-state index in [0.717, 1.165) is 4.68 Å². The van der Waals surface area contributed by atoms with Gasteiger partial charge in [-0.2, -0.15) is 0 Å². The molecule has 31 heavy (non-hydrogen) atoms. The fourth-order valence-corrected chi connectivity index (χ4v) is 3.47. The molecule has 1 heterocycles. The molecule has 0 aliphatic rings. The molecule has 1 aromatic heterocycles. The average molecular weight is 428 g/mol. The van der Waals surface area contributed by atoms with Crippen molar-refractivity contribution in [2.24, 2.45) is 0 Å². The number of aromatic nitrogens is 1. The molecule has 0 aliphatic heterocycles. The topological polar surface area (TPSA) is 108 Å². The number of carbonyl (C=O) groups excluding carboxylic acids is 1. The minimum atomic E-state index is -0.725. The van der Waals surface area contributed by atoms with Crippen molar-refractivity contribution in [3.05, 3.63) is 52.4 Å². The summed E-state index contributed by atoms with van der Waals surface area (Å²) in [7, 11) is 5.71. The first kappa shape index (κ1) is 22.0. The highest BCUT2D eigenvalue weighted by Crippen LogP contribution is 2.43. The summed E-state index contributed by atoms with van der Waals surface area (Å²) in [5, 5.41) is 10.2. The minimum Gasteiger partial charge on any atom is -0.493 e. The maximum Gasteiger partial charge on any atom is 0.357 e. The number of aliphatic hydroxyl groups excluding tert-OH is 1. The predicted molar refractivity (Wildman–Crippen MR) is 116 cm³/mol. The van der Waals surface area contributed by atoms with Crippen LogP contribution in [0.3, 0.4) is 0 Å². The quantitative estimate of drug-likeness (QED) is 0.525. The number of methoxy groups -OCH3 is 4. The zero-order valence-corrected chi connectivity index (χ0v) is 17.7. The molecule has 0 unspecified atom stereocenters. The van der Waals surface area contributed by atoms with Crippen LogP contribution in [0.5, 0.6) is 17.2 Å². The van der Waals surface area contributed by atoms with Gasteiger partial charge in [0.2, 0.25) is 5.75 Å². The van der Waals surface area contributed by atoms with Crippen LogP contribution in [0.1, 0.15) is 10.5 Å². The van der Waals surface area contributed by atoms with Crippen LogP contribution in [0, 0.1) is 0 Å². The zero-order chi connectivity index (χ0) is 22.5. The van der Waals surface area contributed by atoms with Gasteiger partial charge in [0.05, 0.1) is 41.6 Å². The summed E-state index contributed by atoms with van der Waals surface area (Å²) in [5.41, 5.74) is 3.31. The van der Waals surface area contributed by atoms with Crippen molar-refractivity contribution in [3.8, 4) is 28.4 Å². The number of nitrogens with zero attached hydrogens (tertiary/aromatic N) is 1. The number of aliphatic hydroxyl groups is 1. The van der Waals surface area contributed by atoms with Gasteiger partial charge in [-0.05, 0) is 29.1 Å². The second kappa shape index (κ2) is 9.40. The van der Waals surface area contributed by atoms with Gasteiger partial charge in [-0.25, -0.2) is 9.47 Å². The predicted octanol–water partition coefficient (Wildman–Crippen LogP) is 2.02. The molecule has 3 rings (SSSR count). The van der Waals surface area contributed by atoms with E-state index in [1.165, 1.54) is 28.4 Å². The second-order valence-corrected chi connectivity index (χ2v) is 6.45. The van der Waals surface area contributed by atoms with E-state index in [2.05, 4.69) is 5.43 Å². The number of ether oxygens (including phenoxy) is 4. The Kier molecular flexibility index (Phi) is 6.66. The summed E-state index contributed by atoms with van der Waals surface area (Å²) in [4.78, 5) is 26.0. The molecule has 0 aliphatic carbocycles. The second-order valence-electron chi connectivity index (χ2n) is 6.45. The number of carbonyl (C=O) groups is 1. The van der Waals surface area contributed by atoms with E-state index in [9.17, 15) is 14.7 Å². The van der Waals surface area contributed by atoms with Crippen LogP contribution in [0.15, 0.2) is 41.2 Å². The first-order chi connectivity index (χ1) is 15.0. The summed E-state index contributed by atoms with van der Waals surface area (Å²) in [6.07, 6.45) is 0. The van der Waals surface area contributed by atoms with Crippen molar-refractivity contribution in [3.63, 3.8) is 0 Å². The molecule has 2 N–H and O–H groups in total. The molecule has 0 saturated carbocycles. The number of nitrogens with one attached hydrogen (secondary N) is 1. The number of fused-ring (bicyclic) bond motifs is 1. The Morgan fingerprint density at radius 1 is 1.00 bits per heavy atom. The van der Waals surface area contributed by atoms with Crippen LogP contribution in [0.2, 0.25) is 0 Å². The van der Waals surface area contributed by atoms with Gasteiger partial charge in [-0.3, -0.25) is 4.79 Å². The highest BCUT2D eigenvalue weighted by molar-refractivity contribution is 6.07. The number of esters is 1. The SMILES string of the molecule is COC(=O)c1c(-c2cc(OC)c(OC)c(OC)c2)c2ccccc2c(=O)n1NCCO. The molecule has 0 saturated heterocycles. The average Bonchev–Trinajstić information content (AvgIpc) is 2.81. The Labute approximate surface area is 178 Å². The Morgan fingerprint density at radius 3 is 2.13 bits per heavy atom. The molecule has 9 heteroatoms. The van der Waals surface area contributed by atoms with Crippen molar-refractivity contribution in [1.82, 2.24) is 4.68 Å². The lowest BCUT2D eigenvalue weighted by molar-refractivity contribution is 0.0589. The van der Waals surface area contributed by atoms with Crippen LogP contribution in [-0.4, -0.2) is 57.3 Å². The van der Waals surface area contributed by atoms with Gasteiger partial charge in [-0.1, -0.05) is 18.2 Å². The van der Waals surface area contributed by atoms with Crippen LogP contribution in [-0.2, 0) is 4.74 Å². The van der Waals surface area contributed by atoms with Gasteiger partial charge in [0.15, 0.2) is 17.2 Å². The Bertz CT molecular complexity index is 1150. The van der Waals surface area contributed by atoms with E-state index >= 15 is 0 Å². The molecule has 3 aromatic rings. The molecule has 0 fully saturated rings. The number of benzene rings is 2. The van der Waals surface area contributed by atoms with E-state index in [-0.39, 0.29) is 18.8 Å². The number of hydrogen-bond acceptors (Lipinski definition) is 8. The third-order valence-corrected chi connectivity index (χ3v) is 4.80. The highest BCUT2D eigenvalue weighted by atomic mass is 16.5. The van der Waals surface area contributed by atoms with Gasteiger partial charge < -0.3 is 29.5 Å². The summed E-state index contributed by atoms with van der Waals surface area (Å²) in [6.45, 7) is -0.184. The maximum absolute atomic E-state index is 13.1. The summed E-state index contributed by atoms with van der Waals surface area (Å²) in [6, 6.07) is 10.3. The third kappa shape index (κ3) is 3.87. The normalized spacial score (nSPS) is 10.6. The largest absolute Gasteiger partial charge is 0.493 e. The third-order valence-electron chi connectivity index (χ3n) is 4.80. The summed E-state index contributed by atoms with van der Waals surface area (Å²) in [5.74, 6) is 0.442. The highest BCUT2D eigenvalue weighted by Gasteiger charge is 2.26. The van der Waals surface area contributed by atoms with Gasteiger partial charge in [0.1, 0.15) is 0 Å². The molecule has 164 valence electrons. The fraction of sp³-hybridized carbons (Fsp3) is 0.273. The van der Waals surface area contributed by atoms with Crippen LogP contribution >= 0.6 is 0 Å². The van der Waals surface area contributed by atoms with E-state index in [1.54, 1.807) is 36.4 Å². The van der Waals surface area contributed by atoms with E-state index in [4.69, 9.17) is 18.9 Å². The van der Waals surface area contributed by atoms with Crippen molar-refractivity contribution in [2.75, 3.05) is 47.0 Å². The van der Waals surface area contributed by atoms with Crippen molar-refractivity contribution < 1.29 is 28.8 Å². The van der Waals surface area contributed by atoms with Crippen LogP contribution in [0.25, 0.3) is 21.9 Å². The minimum absolute atomic E-state index is 0.0195. The zero-order valence-electron chi connectivity index (χ0n) is 17.7. The van der Waals surface area contributed by atoms with E-state index < -0.39 is 11.5 Å². The molecule has 0 atom stereocenters. The molecule has 2 aromatic carbocycles. The lowest BCUT2D eigenvalue weighted by atomic mass is 9.96. The summed E-state index contributed by atoms with van der Waals surface area (Å²) >= 11 is 0. The van der Waals surface area contributed by atoms with Gasteiger partial charge in [0.25, 0.3) is 5.56 Å². The van der Waals surface area contributed by atoms with E-state index in [0.29, 0.717) is 39.1 Å². The number of rotatable bonds is 8. The smallest absolute Gasteiger partial charge is 0.357 e. The maximum atomic E-state index is 13.1. The Balaban J connectivity index is 2.51. The van der Waals surface area contributed by atoms with Gasteiger partial charge in [-0.15, -0.1) is 0 Å². The Morgan fingerprint density at radius 2 is 1.61 bits per heavy atom. The Hall–Kier alpha value is -3.72. The molecule has 0 radical (unpaired) electrons. The molecular weight excluding hydrogens is 404 g/mol. The standard InChI is InChI=1S/C22H24N2O7/c1-28-16-11-13(12-17(29-2)20(16)30-3)18-14-7-5-6-8-15(14)21(26)24(23-9-10-25)19(18)22(27)31-4/h5-8,11-12,23,25H,9-10H2,1-4H3. The first-order valence-corrected chi connectivity index (χ1v) is 9.43. The lowest BCUT2D eigenvalue weighted by Gasteiger charge is -2.20. The lowest BCUT2D eigenvalue weighted by Crippen LogP contribution is -2.36. The van der Waals surface area contributed by atoms with Crippen molar-refractivity contribution in [2.45, 2.75) is 0 Å². The van der Waals surface area contributed by atoms with Crippen molar-refractivity contribution >= 4 is 16.7 Å². The first-order valence-electron chi connectivity index (χ1n) is 9.43. The van der Waals surface area contributed by atoms with Gasteiger partial charge >= 0.3 is 5.97 Å². The van der Waals surface area contributed by atoms with Crippen LogP contribution in [0.4, 0.5) is 0 Å². The number of pyridine rings is 1. The molecule has 0 spiro atoms. The van der Waals surface area contributed by atoms with Crippen LogP contribution < -0.4 is 25.2 Å². The number of hydrogen-bond donors (Lipinski definition) is 2. The van der Waals surface area contributed by atoms with Gasteiger partial charge in [0, 0.05) is 10.9 Å². The molecule has 9 nitrogen and oxygen atoms in total. The van der Waals surface area contributed by atoms with Crippen molar-refractivity contribution in [1.29, 1.82) is 0 Å². The monoisotopic (exact) mass is 428 g/mol.